The van der Waals surface area contributed by atoms with E-state index >= 15 is 0 Å². The summed E-state index contributed by atoms with van der Waals surface area (Å²) in [7, 11) is 1.22. The van der Waals surface area contributed by atoms with Gasteiger partial charge in [-0.05, 0) is 0 Å². The molecular formula is C6H10O4S. The SMILES string of the molecule is COC(=O)C(CS)CC(=O)O. The summed E-state index contributed by atoms with van der Waals surface area (Å²) in [5, 5.41) is 8.32. The highest BCUT2D eigenvalue weighted by atomic mass is 32.1. The van der Waals surface area contributed by atoms with Gasteiger partial charge in [-0.1, -0.05) is 0 Å². The van der Waals surface area contributed by atoms with Crippen molar-refractivity contribution in [2.24, 2.45) is 5.92 Å². The van der Waals surface area contributed by atoms with E-state index in [1.807, 2.05) is 0 Å². The lowest BCUT2D eigenvalue weighted by Crippen LogP contribution is -2.21. The molecule has 11 heavy (non-hydrogen) atoms. The molecule has 0 aliphatic rings. The molecule has 0 aliphatic carbocycles. The number of rotatable bonds is 4. The van der Waals surface area contributed by atoms with Crippen molar-refractivity contribution < 1.29 is 19.4 Å². The Balaban J connectivity index is 3.94. The highest BCUT2D eigenvalue weighted by Gasteiger charge is 2.20. The van der Waals surface area contributed by atoms with E-state index in [1.165, 1.54) is 7.11 Å². The highest BCUT2D eigenvalue weighted by Crippen LogP contribution is 2.06. The fraction of sp³-hybridized carbons (Fsp3) is 0.667. The molecule has 4 nitrogen and oxygen atoms in total. The van der Waals surface area contributed by atoms with Crippen LogP contribution in [0, 0.1) is 5.92 Å². The number of carboxylic acid groups (broad SMARTS) is 1. The maximum Gasteiger partial charge on any atom is 0.310 e. The van der Waals surface area contributed by atoms with E-state index < -0.39 is 17.9 Å². The summed E-state index contributed by atoms with van der Waals surface area (Å²) in [5.41, 5.74) is 0. The largest absolute Gasteiger partial charge is 0.481 e. The number of methoxy groups -OCH3 is 1. The van der Waals surface area contributed by atoms with Gasteiger partial charge in [0.1, 0.15) is 0 Å². The zero-order valence-electron chi connectivity index (χ0n) is 6.11. The Hall–Kier alpha value is -0.710. The number of aliphatic carboxylic acids is 1. The van der Waals surface area contributed by atoms with Gasteiger partial charge in [0.05, 0.1) is 19.4 Å². The molecule has 0 saturated heterocycles. The Morgan fingerprint density at radius 2 is 2.18 bits per heavy atom. The van der Waals surface area contributed by atoms with Crippen LogP contribution < -0.4 is 0 Å². The maximum absolute atomic E-state index is 10.7. The number of thiol groups is 1. The second kappa shape index (κ2) is 5.01. The summed E-state index contributed by atoms with van der Waals surface area (Å²) in [6, 6.07) is 0. The summed E-state index contributed by atoms with van der Waals surface area (Å²) < 4.78 is 4.35. The van der Waals surface area contributed by atoms with Crippen LogP contribution in [0.25, 0.3) is 0 Å². The third-order valence-corrected chi connectivity index (χ3v) is 1.62. The molecule has 0 spiro atoms. The molecule has 0 aromatic carbocycles. The van der Waals surface area contributed by atoms with Crippen LogP contribution in [0.15, 0.2) is 0 Å². The molecule has 0 aromatic rings. The average molecular weight is 178 g/mol. The van der Waals surface area contributed by atoms with Gasteiger partial charge in [0.25, 0.3) is 0 Å². The van der Waals surface area contributed by atoms with Gasteiger partial charge < -0.3 is 9.84 Å². The molecule has 1 N–H and O–H groups in total. The zero-order valence-corrected chi connectivity index (χ0v) is 7.01. The van der Waals surface area contributed by atoms with Crippen LogP contribution in [-0.4, -0.2) is 29.9 Å². The predicted octanol–water partition coefficient (Wildman–Crippen LogP) is 0.180. The van der Waals surface area contributed by atoms with Gasteiger partial charge in [0.2, 0.25) is 0 Å². The highest BCUT2D eigenvalue weighted by molar-refractivity contribution is 7.80. The first kappa shape index (κ1) is 10.3. The van der Waals surface area contributed by atoms with E-state index in [0.717, 1.165) is 0 Å². The predicted molar refractivity (Wildman–Crippen MR) is 41.6 cm³/mol. The molecule has 1 atom stereocenters. The monoisotopic (exact) mass is 178 g/mol. The molecule has 0 heterocycles. The number of hydrogen-bond acceptors (Lipinski definition) is 4. The number of carbonyl (C=O) groups excluding carboxylic acids is 1. The summed E-state index contributed by atoms with van der Waals surface area (Å²) in [6.45, 7) is 0. The first-order valence-electron chi connectivity index (χ1n) is 3.02. The molecule has 0 fully saturated rings. The fourth-order valence-corrected chi connectivity index (χ4v) is 0.878. The average Bonchev–Trinajstić information content (AvgIpc) is 1.98. The maximum atomic E-state index is 10.7. The van der Waals surface area contributed by atoms with Crippen molar-refractivity contribution in [2.75, 3.05) is 12.9 Å². The van der Waals surface area contributed by atoms with E-state index in [0.29, 0.717) is 0 Å². The fourth-order valence-electron chi connectivity index (χ4n) is 0.600. The molecule has 1 unspecified atom stereocenters. The Labute approximate surface area is 69.9 Å². The Bertz CT molecular complexity index is 157. The van der Waals surface area contributed by atoms with Gasteiger partial charge in [-0.15, -0.1) is 0 Å². The van der Waals surface area contributed by atoms with Gasteiger partial charge in [-0.2, -0.15) is 12.6 Å². The molecule has 5 heteroatoms. The Morgan fingerprint density at radius 3 is 2.45 bits per heavy atom. The van der Waals surface area contributed by atoms with E-state index in [1.54, 1.807) is 0 Å². The van der Waals surface area contributed by atoms with Gasteiger partial charge in [0.15, 0.2) is 0 Å². The van der Waals surface area contributed by atoms with Crippen LogP contribution in [0.3, 0.4) is 0 Å². The minimum Gasteiger partial charge on any atom is -0.481 e. The number of carboxylic acids is 1. The molecule has 0 bridgehead atoms. The Morgan fingerprint density at radius 1 is 1.64 bits per heavy atom. The zero-order chi connectivity index (χ0) is 8.85. The van der Waals surface area contributed by atoms with E-state index in [4.69, 9.17) is 5.11 Å². The van der Waals surface area contributed by atoms with Gasteiger partial charge in [0, 0.05) is 5.75 Å². The molecule has 64 valence electrons. The summed E-state index contributed by atoms with van der Waals surface area (Å²) >= 11 is 3.82. The van der Waals surface area contributed by atoms with Crippen molar-refractivity contribution in [3.05, 3.63) is 0 Å². The lowest BCUT2D eigenvalue weighted by Gasteiger charge is -2.07. The molecular weight excluding hydrogens is 168 g/mol. The van der Waals surface area contributed by atoms with Crippen molar-refractivity contribution in [1.82, 2.24) is 0 Å². The van der Waals surface area contributed by atoms with Crippen LogP contribution in [-0.2, 0) is 14.3 Å². The molecule has 0 saturated carbocycles. The quantitative estimate of drug-likeness (QED) is 0.476. The van der Waals surface area contributed by atoms with Crippen molar-refractivity contribution in [1.29, 1.82) is 0 Å². The summed E-state index contributed by atoms with van der Waals surface area (Å²) in [4.78, 5) is 20.9. The van der Waals surface area contributed by atoms with Gasteiger partial charge in [-0.3, -0.25) is 9.59 Å². The van der Waals surface area contributed by atoms with Crippen molar-refractivity contribution >= 4 is 24.6 Å². The van der Waals surface area contributed by atoms with E-state index in [-0.39, 0.29) is 12.2 Å². The van der Waals surface area contributed by atoms with Crippen molar-refractivity contribution in [3.8, 4) is 0 Å². The van der Waals surface area contributed by atoms with Crippen LogP contribution >= 0.6 is 12.6 Å². The molecule has 0 aromatic heterocycles. The van der Waals surface area contributed by atoms with Crippen LogP contribution in [0.4, 0.5) is 0 Å². The van der Waals surface area contributed by atoms with Crippen molar-refractivity contribution in [3.63, 3.8) is 0 Å². The molecule has 0 radical (unpaired) electrons. The molecule has 0 aliphatic heterocycles. The number of esters is 1. The second-order valence-electron chi connectivity index (χ2n) is 2.00. The van der Waals surface area contributed by atoms with E-state index in [2.05, 4.69) is 17.4 Å². The minimum absolute atomic E-state index is 0.193. The van der Waals surface area contributed by atoms with Crippen LogP contribution in [0.5, 0.6) is 0 Å². The molecule has 0 rings (SSSR count). The number of ether oxygens (including phenoxy) is 1. The van der Waals surface area contributed by atoms with Crippen LogP contribution in [0.1, 0.15) is 6.42 Å². The minimum atomic E-state index is -1.02. The van der Waals surface area contributed by atoms with Crippen LogP contribution in [0.2, 0.25) is 0 Å². The summed E-state index contributed by atoms with van der Waals surface area (Å²) in [5.74, 6) is -1.99. The first-order valence-corrected chi connectivity index (χ1v) is 3.65. The number of hydrogen-bond donors (Lipinski definition) is 2. The first-order chi connectivity index (χ1) is 5.11. The van der Waals surface area contributed by atoms with Gasteiger partial charge >= 0.3 is 11.9 Å². The Kier molecular flexibility index (Phi) is 4.69. The second-order valence-corrected chi connectivity index (χ2v) is 2.37. The molecule has 0 amide bonds. The topological polar surface area (TPSA) is 63.6 Å². The lowest BCUT2D eigenvalue weighted by molar-refractivity contribution is -0.149. The smallest absolute Gasteiger partial charge is 0.310 e. The number of carbonyl (C=O) groups is 2. The normalized spacial score (nSPS) is 12.2. The van der Waals surface area contributed by atoms with E-state index in [9.17, 15) is 9.59 Å². The van der Waals surface area contributed by atoms with Gasteiger partial charge in [-0.25, -0.2) is 0 Å². The third-order valence-electron chi connectivity index (χ3n) is 1.18. The summed E-state index contributed by atoms with van der Waals surface area (Å²) in [6.07, 6.45) is -0.226. The standard InChI is InChI=1S/C6H10O4S/c1-10-6(9)4(3-11)2-5(7)8/h4,11H,2-3H2,1H3,(H,7,8). The third kappa shape index (κ3) is 3.87. The lowest BCUT2D eigenvalue weighted by atomic mass is 10.1. The van der Waals surface area contributed by atoms with Crippen molar-refractivity contribution in [2.45, 2.75) is 6.42 Å².